The first-order valence-corrected chi connectivity index (χ1v) is 8.03. The van der Waals surface area contributed by atoms with Crippen molar-refractivity contribution in [2.24, 2.45) is 0 Å². The van der Waals surface area contributed by atoms with E-state index in [1.165, 1.54) is 5.56 Å². The van der Waals surface area contributed by atoms with Crippen molar-refractivity contribution in [3.05, 3.63) is 77.9 Å². The number of rotatable bonds is 9. The smallest absolute Gasteiger partial charge is 0.144 e. The van der Waals surface area contributed by atoms with Crippen LogP contribution in [0.2, 0.25) is 0 Å². The summed E-state index contributed by atoms with van der Waals surface area (Å²) in [6.45, 7) is 0. The lowest BCUT2D eigenvalue weighted by molar-refractivity contribution is -0.126. The summed E-state index contributed by atoms with van der Waals surface area (Å²) in [6.07, 6.45) is 6.27. The van der Waals surface area contributed by atoms with Crippen LogP contribution in [0.4, 0.5) is 0 Å². The second-order valence-corrected chi connectivity index (χ2v) is 5.61. The normalized spacial score (nSPS) is 10.8. The van der Waals surface area contributed by atoms with Crippen LogP contribution >= 0.6 is 0 Å². The number of benzene rings is 2. The zero-order valence-corrected chi connectivity index (χ0v) is 13.3. The number of hydrogen-bond acceptors (Lipinski definition) is 2. The molecule has 0 radical (unpaired) electrons. The number of Topliss-reactive ketones (excluding diaryl/α,β-unsaturated/α-hetero) is 2. The first kappa shape index (κ1) is 16.9. The molecule has 0 spiro atoms. The summed E-state index contributed by atoms with van der Waals surface area (Å²) in [5.41, 5.74) is 2.30. The van der Waals surface area contributed by atoms with Gasteiger partial charge in [-0.1, -0.05) is 72.8 Å². The zero-order chi connectivity index (χ0) is 16.3. The molecule has 0 saturated heterocycles. The molecule has 0 aromatic heterocycles. The summed E-state index contributed by atoms with van der Waals surface area (Å²) < 4.78 is 0. The Labute approximate surface area is 137 Å². The Morgan fingerprint density at radius 1 is 0.826 bits per heavy atom. The molecule has 0 atom stereocenters. The molecule has 2 rings (SSSR count). The third kappa shape index (κ3) is 6.88. The molecule has 0 aliphatic carbocycles. The van der Waals surface area contributed by atoms with E-state index in [4.69, 9.17) is 0 Å². The van der Waals surface area contributed by atoms with Crippen LogP contribution in [0.25, 0.3) is 6.08 Å². The summed E-state index contributed by atoms with van der Waals surface area (Å²) in [5.74, 6) is 0.0286. The van der Waals surface area contributed by atoms with Crippen molar-refractivity contribution in [2.45, 2.75) is 32.1 Å². The Morgan fingerprint density at radius 3 is 2.17 bits per heavy atom. The summed E-state index contributed by atoms with van der Waals surface area (Å²) >= 11 is 0. The molecule has 118 valence electrons. The van der Waals surface area contributed by atoms with E-state index in [0.29, 0.717) is 12.8 Å². The van der Waals surface area contributed by atoms with Crippen LogP contribution in [0.1, 0.15) is 36.8 Å². The van der Waals surface area contributed by atoms with E-state index in [0.717, 1.165) is 18.4 Å². The number of hydrogen-bond donors (Lipinski definition) is 0. The number of ketones is 2. The van der Waals surface area contributed by atoms with Gasteiger partial charge in [0.2, 0.25) is 0 Å². The lowest BCUT2D eigenvalue weighted by Crippen LogP contribution is -2.07. The third-order valence-electron chi connectivity index (χ3n) is 3.61. The van der Waals surface area contributed by atoms with Crippen LogP contribution in [-0.2, 0) is 16.0 Å². The van der Waals surface area contributed by atoms with Gasteiger partial charge in [-0.15, -0.1) is 0 Å². The van der Waals surface area contributed by atoms with Gasteiger partial charge in [-0.2, -0.15) is 0 Å². The Morgan fingerprint density at radius 2 is 1.48 bits per heavy atom. The van der Waals surface area contributed by atoms with Crippen LogP contribution in [0, 0.1) is 0 Å². The zero-order valence-electron chi connectivity index (χ0n) is 13.3. The first-order chi connectivity index (χ1) is 11.2. The number of allylic oxidation sites excluding steroid dienone is 1. The van der Waals surface area contributed by atoms with Gasteiger partial charge in [-0.3, -0.25) is 9.59 Å². The van der Waals surface area contributed by atoms with Crippen molar-refractivity contribution in [3.8, 4) is 0 Å². The van der Waals surface area contributed by atoms with Gasteiger partial charge in [-0.25, -0.2) is 0 Å². The molecule has 0 fully saturated rings. The van der Waals surface area contributed by atoms with Gasteiger partial charge in [0.15, 0.2) is 0 Å². The molecule has 0 bridgehead atoms. The van der Waals surface area contributed by atoms with Crippen molar-refractivity contribution in [3.63, 3.8) is 0 Å². The third-order valence-corrected chi connectivity index (χ3v) is 3.61. The van der Waals surface area contributed by atoms with Gasteiger partial charge in [0.1, 0.15) is 11.6 Å². The van der Waals surface area contributed by atoms with Crippen molar-refractivity contribution in [1.82, 2.24) is 0 Å². The highest BCUT2D eigenvalue weighted by molar-refractivity contribution is 5.99. The largest absolute Gasteiger partial charge is 0.299 e. The highest BCUT2D eigenvalue weighted by atomic mass is 16.1. The van der Waals surface area contributed by atoms with E-state index in [2.05, 4.69) is 12.1 Å². The predicted octanol–water partition coefficient (Wildman–Crippen LogP) is 4.64. The minimum absolute atomic E-state index is 0.0121. The Bertz CT molecular complexity index is 642. The molecule has 0 N–H and O–H groups in total. The Balaban J connectivity index is 1.64. The maximum absolute atomic E-state index is 11.8. The van der Waals surface area contributed by atoms with E-state index in [1.54, 1.807) is 0 Å². The molecule has 2 aromatic carbocycles. The van der Waals surface area contributed by atoms with Gasteiger partial charge >= 0.3 is 0 Å². The van der Waals surface area contributed by atoms with E-state index in [1.807, 2.05) is 60.7 Å². The Kier molecular flexibility index (Phi) is 6.99. The number of carbonyl (C=O) groups is 2. The molecule has 0 heterocycles. The second kappa shape index (κ2) is 9.52. The molecule has 0 aliphatic heterocycles. The molecular weight excluding hydrogens is 284 g/mol. The first-order valence-electron chi connectivity index (χ1n) is 8.03. The molecule has 0 unspecified atom stereocenters. The lowest BCUT2D eigenvalue weighted by Gasteiger charge is -2.01. The minimum atomic E-state index is -0.0121. The van der Waals surface area contributed by atoms with Crippen LogP contribution in [0.15, 0.2) is 66.7 Å². The molecule has 2 nitrogen and oxygen atoms in total. The van der Waals surface area contributed by atoms with Gasteiger partial charge in [0.05, 0.1) is 6.42 Å². The average Bonchev–Trinajstić information content (AvgIpc) is 2.57. The Hall–Kier alpha value is -2.48. The standard InChI is InChI=1S/C21H22O2/c22-20(15-7-13-18-9-3-1-4-10-18)17-21(23)16-8-14-19-11-5-2-6-12-19/h1-7,9-13H,8,14-17H2/b13-7+. The van der Waals surface area contributed by atoms with Crippen molar-refractivity contribution >= 4 is 17.6 Å². The number of carbonyl (C=O) groups excluding carboxylic acids is 2. The van der Waals surface area contributed by atoms with E-state index >= 15 is 0 Å². The second-order valence-electron chi connectivity index (χ2n) is 5.61. The van der Waals surface area contributed by atoms with Crippen molar-refractivity contribution in [1.29, 1.82) is 0 Å². The van der Waals surface area contributed by atoms with Crippen LogP contribution in [-0.4, -0.2) is 11.6 Å². The fraction of sp³-hybridized carbons (Fsp3) is 0.238. The van der Waals surface area contributed by atoms with Crippen molar-refractivity contribution in [2.75, 3.05) is 0 Å². The van der Waals surface area contributed by atoms with E-state index in [-0.39, 0.29) is 18.0 Å². The monoisotopic (exact) mass is 306 g/mol. The highest BCUT2D eigenvalue weighted by Crippen LogP contribution is 2.07. The van der Waals surface area contributed by atoms with E-state index < -0.39 is 0 Å². The fourth-order valence-electron chi connectivity index (χ4n) is 2.41. The molecule has 2 aromatic rings. The summed E-state index contributed by atoms with van der Waals surface area (Å²) in [7, 11) is 0. The molecule has 0 amide bonds. The summed E-state index contributed by atoms with van der Waals surface area (Å²) in [6, 6.07) is 19.9. The van der Waals surface area contributed by atoms with Gasteiger partial charge in [-0.05, 0) is 24.0 Å². The van der Waals surface area contributed by atoms with Crippen LogP contribution in [0.5, 0.6) is 0 Å². The van der Waals surface area contributed by atoms with Gasteiger partial charge in [0.25, 0.3) is 0 Å². The molecular formula is C21H22O2. The quantitative estimate of drug-likeness (QED) is 0.632. The van der Waals surface area contributed by atoms with Crippen LogP contribution in [0.3, 0.4) is 0 Å². The molecule has 23 heavy (non-hydrogen) atoms. The summed E-state index contributed by atoms with van der Waals surface area (Å²) in [5, 5.41) is 0. The maximum atomic E-state index is 11.8. The fourth-order valence-corrected chi connectivity index (χ4v) is 2.41. The van der Waals surface area contributed by atoms with Gasteiger partial charge in [0, 0.05) is 12.8 Å². The molecule has 2 heteroatoms. The maximum Gasteiger partial charge on any atom is 0.144 e. The topological polar surface area (TPSA) is 34.1 Å². The molecule has 0 saturated carbocycles. The van der Waals surface area contributed by atoms with Crippen LogP contribution < -0.4 is 0 Å². The highest BCUT2D eigenvalue weighted by Gasteiger charge is 2.08. The minimum Gasteiger partial charge on any atom is -0.299 e. The molecule has 0 aliphatic rings. The SMILES string of the molecule is O=C(C/C=C/c1ccccc1)CC(=O)CCCc1ccccc1. The predicted molar refractivity (Wildman–Crippen MR) is 94.1 cm³/mol. The summed E-state index contributed by atoms with van der Waals surface area (Å²) in [4.78, 5) is 23.6. The average molecular weight is 306 g/mol. The van der Waals surface area contributed by atoms with E-state index in [9.17, 15) is 9.59 Å². The van der Waals surface area contributed by atoms with Gasteiger partial charge < -0.3 is 0 Å². The lowest BCUT2D eigenvalue weighted by atomic mass is 10.0. The number of aryl methyl sites for hydroxylation is 1. The van der Waals surface area contributed by atoms with Crippen molar-refractivity contribution < 1.29 is 9.59 Å².